The third kappa shape index (κ3) is 3.30. The fourth-order valence-electron chi connectivity index (χ4n) is 3.59. The molecule has 146 valence electrons. The van der Waals surface area contributed by atoms with Gasteiger partial charge in [0.2, 0.25) is 5.89 Å². The van der Waals surface area contributed by atoms with Gasteiger partial charge in [-0.2, -0.15) is 5.10 Å². The zero-order valence-electron chi connectivity index (χ0n) is 15.8. The van der Waals surface area contributed by atoms with Crippen LogP contribution in [0.3, 0.4) is 0 Å². The lowest BCUT2D eigenvalue weighted by atomic mass is 9.85. The molecule has 7 heteroatoms. The summed E-state index contributed by atoms with van der Waals surface area (Å²) in [6.07, 6.45) is 3.45. The van der Waals surface area contributed by atoms with Gasteiger partial charge in [0.1, 0.15) is 0 Å². The number of halogens is 2. The number of hydrogen-bond donors (Lipinski definition) is 0. The van der Waals surface area contributed by atoms with Crippen LogP contribution in [0.4, 0.5) is 0 Å². The molecule has 1 aliphatic rings. The van der Waals surface area contributed by atoms with Crippen LogP contribution < -0.4 is 0 Å². The molecule has 2 aromatic carbocycles. The van der Waals surface area contributed by atoms with Gasteiger partial charge in [0, 0.05) is 26.5 Å². The van der Waals surface area contributed by atoms with Crippen molar-refractivity contribution in [3.05, 3.63) is 69.5 Å². The summed E-state index contributed by atoms with van der Waals surface area (Å²) in [6.45, 7) is 2.03. The molecule has 0 atom stereocenters. The predicted octanol–water partition coefficient (Wildman–Crippen LogP) is 6.58. The number of rotatable bonds is 4. The molecule has 0 spiro atoms. The summed E-state index contributed by atoms with van der Waals surface area (Å²) < 4.78 is 8.88. The fraction of sp³-hybridized carbons (Fsp3) is 0.227. The lowest BCUT2D eigenvalue weighted by Crippen LogP contribution is -2.08. The van der Waals surface area contributed by atoms with Crippen molar-refractivity contribution in [3.63, 3.8) is 0 Å². The Kier molecular flexibility index (Phi) is 4.76. The zero-order valence-corrected chi connectivity index (χ0v) is 18.1. The first-order chi connectivity index (χ1) is 14.1. The van der Waals surface area contributed by atoms with Crippen LogP contribution in [0, 0.1) is 6.92 Å². The number of nitrogens with zero attached hydrogens (tertiary/aromatic N) is 4. The van der Waals surface area contributed by atoms with E-state index in [1.54, 1.807) is 0 Å². The lowest BCUT2D eigenvalue weighted by Gasteiger charge is -2.20. The van der Waals surface area contributed by atoms with Crippen molar-refractivity contribution in [1.82, 2.24) is 20.0 Å². The molecule has 29 heavy (non-hydrogen) atoms. The van der Waals surface area contributed by atoms with E-state index in [-0.39, 0.29) is 0 Å². The maximum absolute atomic E-state index is 6.11. The summed E-state index contributed by atoms with van der Waals surface area (Å²) in [5.41, 5.74) is 4.59. The van der Waals surface area contributed by atoms with Crippen molar-refractivity contribution in [1.29, 1.82) is 0 Å². The van der Waals surface area contributed by atoms with Crippen LogP contribution in [0.15, 0.2) is 57.4 Å². The summed E-state index contributed by atoms with van der Waals surface area (Å²) >= 11 is 9.76. The van der Waals surface area contributed by atoms with E-state index in [0.29, 0.717) is 28.4 Å². The lowest BCUT2D eigenvalue weighted by molar-refractivity contribution is 0.338. The maximum atomic E-state index is 6.11. The van der Waals surface area contributed by atoms with Crippen molar-refractivity contribution in [2.75, 3.05) is 0 Å². The largest absolute Gasteiger partial charge is 0.419 e. The minimum atomic E-state index is 0.387. The molecule has 0 saturated heterocycles. The van der Waals surface area contributed by atoms with Gasteiger partial charge in [-0.15, -0.1) is 10.2 Å². The molecule has 0 amide bonds. The highest BCUT2D eigenvalue weighted by Gasteiger charge is 2.28. The summed E-state index contributed by atoms with van der Waals surface area (Å²) in [6, 6.07) is 15.8. The van der Waals surface area contributed by atoms with E-state index in [2.05, 4.69) is 26.1 Å². The molecular weight excluding hydrogens is 452 g/mol. The fourth-order valence-corrected chi connectivity index (χ4v) is 4.17. The Morgan fingerprint density at radius 2 is 1.83 bits per heavy atom. The summed E-state index contributed by atoms with van der Waals surface area (Å²) in [5.74, 6) is 1.57. The molecule has 0 unspecified atom stereocenters. The highest BCUT2D eigenvalue weighted by atomic mass is 79.9. The van der Waals surface area contributed by atoms with E-state index in [1.807, 2.05) is 60.1 Å². The normalized spacial score (nSPS) is 14.2. The van der Waals surface area contributed by atoms with E-state index < -0.39 is 0 Å². The standard InChI is InChI=1S/C22H18BrClN4O/c1-13-19(22-26-25-21(29-22)15-5-4-6-15)27-28(18-8-3-2-7-17(18)23)20(13)14-9-11-16(24)12-10-14/h2-3,7-12,15H,4-6H2,1H3. The van der Waals surface area contributed by atoms with Crippen LogP contribution >= 0.6 is 27.5 Å². The average molecular weight is 470 g/mol. The Bertz CT molecular complexity index is 1180. The van der Waals surface area contributed by atoms with Crippen molar-refractivity contribution in [2.45, 2.75) is 32.1 Å². The molecule has 5 rings (SSSR count). The Balaban J connectivity index is 1.69. The Labute approximate surface area is 181 Å². The quantitative estimate of drug-likeness (QED) is 0.339. The van der Waals surface area contributed by atoms with E-state index >= 15 is 0 Å². The van der Waals surface area contributed by atoms with Gasteiger partial charge in [0.25, 0.3) is 5.89 Å². The van der Waals surface area contributed by atoms with Gasteiger partial charge in [-0.25, -0.2) is 4.68 Å². The van der Waals surface area contributed by atoms with Crippen molar-refractivity contribution < 1.29 is 4.42 Å². The zero-order chi connectivity index (χ0) is 20.0. The minimum absolute atomic E-state index is 0.387. The van der Waals surface area contributed by atoms with Crippen LogP contribution in [0.2, 0.25) is 5.02 Å². The summed E-state index contributed by atoms with van der Waals surface area (Å²) in [4.78, 5) is 0. The van der Waals surface area contributed by atoms with Crippen LogP contribution in [0.25, 0.3) is 28.5 Å². The van der Waals surface area contributed by atoms with Gasteiger partial charge >= 0.3 is 0 Å². The molecule has 1 aliphatic carbocycles. The van der Waals surface area contributed by atoms with Crippen LogP contribution in [0.5, 0.6) is 0 Å². The maximum Gasteiger partial charge on any atom is 0.268 e. The van der Waals surface area contributed by atoms with Crippen molar-refractivity contribution in [3.8, 4) is 28.5 Å². The molecule has 1 fully saturated rings. The Morgan fingerprint density at radius 3 is 2.52 bits per heavy atom. The monoisotopic (exact) mass is 468 g/mol. The molecule has 0 N–H and O–H groups in total. The van der Waals surface area contributed by atoms with E-state index in [4.69, 9.17) is 21.1 Å². The van der Waals surface area contributed by atoms with Crippen LogP contribution in [-0.4, -0.2) is 20.0 Å². The van der Waals surface area contributed by atoms with Gasteiger partial charge in [-0.05, 0) is 60.0 Å². The second-order valence-corrected chi connectivity index (χ2v) is 8.56. The highest BCUT2D eigenvalue weighted by Crippen LogP contribution is 2.39. The second kappa shape index (κ2) is 7.43. The van der Waals surface area contributed by atoms with Gasteiger partial charge in [-0.1, -0.05) is 42.3 Å². The predicted molar refractivity (Wildman–Crippen MR) is 116 cm³/mol. The third-order valence-corrected chi connectivity index (χ3v) is 6.34. The third-order valence-electron chi connectivity index (χ3n) is 5.42. The smallest absolute Gasteiger partial charge is 0.268 e. The highest BCUT2D eigenvalue weighted by molar-refractivity contribution is 9.10. The first-order valence-electron chi connectivity index (χ1n) is 9.56. The van der Waals surface area contributed by atoms with E-state index in [1.165, 1.54) is 6.42 Å². The molecule has 4 aromatic rings. The SMILES string of the molecule is Cc1c(-c2nnc(C3CCC3)o2)nn(-c2ccccc2Br)c1-c1ccc(Cl)cc1. The molecule has 0 radical (unpaired) electrons. The number of aromatic nitrogens is 4. The number of hydrogen-bond acceptors (Lipinski definition) is 4. The summed E-state index contributed by atoms with van der Waals surface area (Å²) in [7, 11) is 0. The van der Waals surface area contributed by atoms with Gasteiger partial charge < -0.3 is 4.42 Å². The Morgan fingerprint density at radius 1 is 1.07 bits per heavy atom. The molecule has 1 saturated carbocycles. The average Bonchev–Trinajstić information content (AvgIpc) is 3.26. The van der Waals surface area contributed by atoms with Crippen LogP contribution in [0.1, 0.15) is 36.6 Å². The van der Waals surface area contributed by atoms with Gasteiger partial charge in [-0.3, -0.25) is 0 Å². The second-order valence-electron chi connectivity index (χ2n) is 7.27. The first-order valence-corrected chi connectivity index (χ1v) is 10.7. The first kappa shape index (κ1) is 18.6. The molecule has 0 bridgehead atoms. The topological polar surface area (TPSA) is 56.7 Å². The molecule has 2 heterocycles. The van der Waals surface area contributed by atoms with Gasteiger partial charge in [0.05, 0.1) is 11.4 Å². The van der Waals surface area contributed by atoms with E-state index in [0.717, 1.165) is 39.8 Å². The minimum Gasteiger partial charge on any atom is -0.419 e. The molecule has 2 aromatic heterocycles. The van der Waals surface area contributed by atoms with Crippen molar-refractivity contribution in [2.24, 2.45) is 0 Å². The molecular formula is C22H18BrClN4O. The number of para-hydroxylation sites is 1. The summed E-state index contributed by atoms with van der Waals surface area (Å²) in [5, 5.41) is 14.2. The van der Waals surface area contributed by atoms with Crippen LogP contribution in [-0.2, 0) is 0 Å². The van der Waals surface area contributed by atoms with E-state index in [9.17, 15) is 0 Å². The Hall–Kier alpha value is -2.44. The number of benzene rings is 2. The van der Waals surface area contributed by atoms with Gasteiger partial charge in [0.15, 0.2) is 5.69 Å². The van der Waals surface area contributed by atoms with Crippen molar-refractivity contribution >= 4 is 27.5 Å². The molecule has 5 nitrogen and oxygen atoms in total. The molecule has 0 aliphatic heterocycles.